The van der Waals surface area contributed by atoms with Gasteiger partial charge in [0.1, 0.15) is 11.6 Å². The van der Waals surface area contributed by atoms with E-state index in [-0.39, 0.29) is 32.3 Å². The van der Waals surface area contributed by atoms with E-state index in [1.807, 2.05) is 54.7 Å². The number of fused-ring (bicyclic) bond motifs is 7. The third-order valence-electron chi connectivity index (χ3n) is 10.7. The number of pyridine rings is 1. The molecule has 3 aromatic heterocycles. The number of ketones is 1. The first-order valence-corrected chi connectivity index (χ1v) is 18.3. The second kappa shape index (κ2) is 13.1. The minimum absolute atomic E-state index is 0. The van der Waals surface area contributed by atoms with E-state index in [1.165, 1.54) is 18.4 Å². The van der Waals surface area contributed by atoms with Gasteiger partial charge in [-0.3, -0.25) is 0 Å². The quantitative estimate of drug-likeness (QED) is 0.127. The number of para-hydroxylation sites is 2. The van der Waals surface area contributed by atoms with Crippen LogP contribution in [0.5, 0.6) is 0 Å². The number of hydrogen-bond donors (Lipinski definition) is 0. The van der Waals surface area contributed by atoms with Crippen LogP contribution in [0.1, 0.15) is 60.9 Å². The van der Waals surface area contributed by atoms with Crippen LogP contribution in [0.4, 0.5) is 22.7 Å². The van der Waals surface area contributed by atoms with Crippen LogP contribution in [0.2, 0.25) is 0 Å². The molecule has 2 aliphatic heterocycles. The number of rotatable bonds is 5. The number of benzene rings is 5. The molecule has 7 nitrogen and oxygen atoms in total. The maximum atomic E-state index is 14.4. The summed E-state index contributed by atoms with van der Waals surface area (Å²) in [6.45, 7) is 9.69. The minimum Gasteiger partial charge on any atom is -0.488 e. The van der Waals surface area contributed by atoms with Crippen molar-refractivity contribution in [2.75, 3.05) is 9.80 Å². The van der Waals surface area contributed by atoms with Crippen LogP contribution in [0.3, 0.4) is 0 Å². The smallest absolute Gasteiger partial charge is 0.136 e. The average molecular weight is 885 g/mol. The summed E-state index contributed by atoms with van der Waals surface area (Å²) >= 11 is 0. The molecule has 0 amide bonds. The van der Waals surface area contributed by atoms with Crippen LogP contribution in [0.25, 0.3) is 38.7 Å². The zero-order valence-corrected chi connectivity index (χ0v) is 32.6. The predicted octanol–water partition coefficient (Wildman–Crippen LogP) is 10.4. The van der Waals surface area contributed by atoms with E-state index in [2.05, 4.69) is 119 Å². The van der Waals surface area contributed by atoms with Crippen molar-refractivity contribution in [1.29, 1.82) is 0 Å². The second-order valence-electron chi connectivity index (χ2n) is 15.1. The standard InChI is InChI=1S/C46H37N6O.Pt/c1-46(2,3)32-21-22-47-44(26-32)52-38-17-8-7-16-35(38)36-20-19-31(25-39(36)52)45(53)30-12-11-15-34(24-30)51-29-50(33-13-5-4-6-14-33)42-28-40-37(27-41(42)51)48-43-18-9-10-23-49(40)43;/h4-8,11-17,19-22,26-29H,9-10,18,23H2,1-3H3;/q-3;. The number of aromatic nitrogens is 4. The molecule has 0 saturated carbocycles. The van der Waals surface area contributed by atoms with E-state index in [9.17, 15) is 4.79 Å². The Labute approximate surface area is 329 Å². The summed E-state index contributed by atoms with van der Waals surface area (Å²) < 4.78 is 4.50. The molecule has 0 spiro atoms. The molecule has 10 rings (SSSR count). The van der Waals surface area contributed by atoms with Gasteiger partial charge >= 0.3 is 0 Å². The van der Waals surface area contributed by atoms with E-state index in [0.717, 1.165) is 80.2 Å². The minimum atomic E-state index is -0.140. The van der Waals surface area contributed by atoms with Gasteiger partial charge in [0.25, 0.3) is 0 Å². The van der Waals surface area contributed by atoms with Crippen LogP contribution < -0.4 is 9.80 Å². The first-order chi connectivity index (χ1) is 25.8. The zero-order chi connectivity index (χ0) is 35.8. The summed E-state index contributed by atoms with van der Waals surface area (Å²) in [5.41, 5.74) is 9.98. The summed E-state index contributed by atoms with van der Waals surface area (Å²) in [5.74, 6) is 1.82. The Morgan fingerprint density at radius 1 is 0.759 bits per heavy atom. The molecular formula is C46H37N6OPt-3. The molecular weight excluding hydrogens is 848 g/mol. The van der Waals surface area contributed by atoms with Gasteiger partial charge in [-0.2, -0.15) is 0 Å². The largest absolute Gasteiger partial charge is 0.488 e. The van der Waals surface area contributed by atoms with E-state index in [0.29, 0.717) is 11.1 Å². The summed E-state index contributed by atoms with van der Waals surface area (Å²) in [6.07, 6.45) is 5.20. The Morgan fingerprint density at radius 2 is 1.56 bits per heavy atom. The fourth-order valence-corrected chi connectivity index (χ4v) is 7.95. The number of aryl methyl sites for hydroxylation is 2. The fourth-order valence-electron chi connectivity index (χ4n) is 7.95. The van der Waals surface area contributed by atoms with Crippen LogP contribution in [0.15, 0.2) is 115 Å². The summed E-state index contributed by atoms with van der Waals surface area (Å²) in [4.78, 5) is 28.6. The molecule has 0 fully saturated rings. The average Bonchev–Trinajstić information content (AvgIpc) is 3.86. The van der Waals surface area contributed by atoms with Crippen molar-refractivity contribution in [2.45, 2.75) is 52.0 Å². The van der Waals surface area contributed by atoms with Gasteiger partial charge in [0.2, 0.25) is 0 Å². The van der Waals surface area contributed by atoms with Crippen LogP contribution in [0, 0.1) is 18.8 Å². The van der Waals surface area contributed by atoms with Gasteiger partial charge in [0, 0.05) is 62.8 Å². The van der Waals surface area contributed by atoms with E-state index >= 15 is 0 Å². The molecule has 0 saturated heterocycles. The molecule has 0 radical (unpaired) electrons. The van der Waals surface area contributed by atoms with Crippen molar-refractivity contribution in [3.8, 4) is 5.82 Å². The Bertz CT molecular complexity index is 2740. The predicted molar refractivity (Wildman–Crippen MR) is 213 cm³/mol. The van der Waals surface area contributed by atoms with E-state index in [4.69, 9.17) is 9.97 Å². The third kappa shape index (κ3) is 5.56. The summed E-state index contributed by atoms with van der Waals surface area (Å²) in [6, 6.07) is 44.0. The first-order valence-electron chi connectivity index (χ1n) is 18.3. The zero-order valence-electron chi connectivity index (χ0n) is 30.3. The molecule has 5 aromatic carbocycles. The maximum Gasteiger partial charge on any atom is 0.136 e. The Hall–Kier alpha value is -5.52. The molecule has 0 atom stereocenters. The van der Waals surface area contributed by atoms with Gasteiger partial charge in [-0.05, 0) is 77.2 Å². The molecule has 0 bridgehead atoms. The van der Waals surface area contributed by atoms with Gasteiger partial charge in [0.15, 0.2) is 0 Å². The number of hydrogen-bond acceptors (Lipinski definition) is 5. The van der Waals surface area contributed by atoms with Crippen molar-refractivity contribution >= 4 is 61.4 Å². The molecule has 0 unspecified atom stereocenters. The third-order valence-corrected chi connectivity index (χ3v) is 10.7. The van der Waals surface area contributed by atoms with Crippen molar-refractivity contribution in [3.05, 3.63) is 157 Å². The molecule has 0 aliphatic carbocycles. The van der Waals surface area contributed by atoms with Gasteiger partial charge in [-0.1, -0.05) is 68.2 Å². The topological polar surface area (TPSA) is 59.2 Å². The Morgan fingerprint density at radius 3 is 2.41 bits per heavy atom. The normalized spacial score (nSPS) is 14.1. The molecule has 0 N–H and O–H groups in total. The monoisotopic (exact) mass is 884 g/mol. The number of imidazole rings is 1. The van der Waals surface area contributed by atoms with E-state index in [1.54, 1.807) is 0 Å². The molecule has 2 aliphatic rings. The van der Waals surface area contributed by atoms with Crippen molar-refractivity contribution < 1.29 is 25.9 Å². The van der Waals surface area contributed by atoms with Gasteiger partial charge in [-0.25, -0.2) is 9.97 Å². The summed E-state index contributed by atoms with van der Waals surface area (Å²) in [5, 5.41) is 2.11. The van der Waals surface area contributed by atoms with Gasteiger partial charge < -0.3 is 23.7 Å². The van der Waals surface area contributed by atoms with Crippen molar-refractivity contribution in [3.63, 3.8) is 0 Å². The van der Waals surface area contributed by atoms with Crippen molar-refractivity contribution in [2.24, 2.45) is 0 Å². The maximum absolute atomic E-state index is 14.4. The Kier molecular flexibility index (Phi) is 8.31. The number of anilines is 4. The van der Waals surface area contributed by atoms with Crippen LogP contribution in [-0.2, 0) is 39.4 Å². The number of carbonyl (C=O) groups is 1. The van der Waals surface area contributed by atoms with E-state index < -0.39 is 0 Å². The van der Waals surface area contributed by atoms with Gasteiger partial charge in [0.05, 0.1) is 16.8 Å². The van der Waals surface area contributed by atoms with Crippen LogP contribution in [-0.4, -0.2) is 24.9 Å². The summed E-state index contributed by atoms with van der Waals surface area (Å²) in [7, 11) is 0. The number of nitrogens with zero attached hydrogens (tertiary/aromatic N) is 6. The SMILES string of the molecule is CC(C)(C)c1ccnc(-n2c3[c-]c(C(=O)c4[c-]c(N5[CH-]N(c6ccccc6)c6cc7c(cc65)nc5n7CCCC5)ccc4)ccc3c3ccccc32)c1.[Pt]. The molecule has 54 heavy (non-hydrogen) atoms. The molecule has 5 heterocycles. The number of carbonyl (C=O) groups excluding carboxylic acids is 1. The first kappa shape index (κ1) is 34.3. The fraction of sp³-hybridized carbons (Fsp3) is 0.174. The molecule has 8 aromatic rings. The second-order valence-corrected chi connectivity index (χ2v) is 15.1. The van der Waals surface area contributed by atoms with Gasteiger partial charge in [-0.15, -0.1) is 60.3 Å². The Balaban J connectivity index is 0.00000384. The molecule has 8 heteroatoms. The van der Waals surface area contributed by atoms with Crippen LogP contribution >= 0.6 is 0 Å². The molecule has 270 valence electrons. The van der Waals surface area contributed by atoms with Crippen molar-refractivity contribution in [1.82, 2.24) is 19.1 Å².